The van der Waals surface area contributed by atoms with Gasteiger partial charge in [-0.15, -0.1) is 0 Å². The average molecular weight is 300 g/mol. The minimum absolute atomic E-state index is 0.0559. The van der Waals surface area contributed by atoms with Crippen molar-refractivity contribution in [2.24, 2.45) is 0 Å². The Hall–Kier alpha value is -0.810. The molecular weight excluding hydrogens is 290 g/mol. The maximum absolute atomic E-state index is 11.9. The number of hydrogen-bond acceptors (Lipinski definition) is 3. The van der Waals surface area contributed by atoms with Gasteiger partial charge in [0.15, 0.2) is 0 Å². The highest BCUT2D eigenvalue weighted by atomic mass is 79.9. The van der Waals surface area contributed by atoms with Crippen LogP contribution in [0.15, 0.2) is 28.7 Å². The SMILES string of the molecule is O=C(N[C@H]1CCSC1=O)c1ccccc1Br. The van der Waals surface area contributed by atoms with Crippen LogP contribution < -0.4 is 5.32 Å². The van der Waals surface area contributed by atoms with E-state index in [1.54, 1.807) is 18.2 Å². The van der Waals surface area contributed by atoms with Gasteiger partial charge in [0.25, 0.3) is 5.91 Å². The van der Waals surface area contributed by atoms with Crippen molar-refractivity contribution >= 4 is 38.7 Å². The highest BCUT2D eigenvalue weighted by molar-refractivity contribution is 9.10. The molecule has 0 radical (unpaired) electrons. The minimum atomic E-state index is -0.329. The Kier molecular flexibility index (Phi) is 3.66. The molecule has 2 rings (SSSR count). The molecule has 1 heterocycles. The van der Waals surface area contributed by atoms with Gasteiger partial charge in [-0.1, -0.05) is 23.9 Å². The Balaban J connectivity index is 2.09. The summed E-state index contributed by atoms with van der Waals surface area (Å²) in [7, 11) is 0. The van der Waals surface area contributed by atoms with Gasteiger partial charge in [0, 0.05) is 10.2 Å². The predicted octanol–water partition coefficient (Wildman–Crippen LogP) is 2.21. The van der Waals surface area contributed by atoms with Crippen LogP contribution in [-0.2, 0) is 4.79 Å². The Morgan fingerprint density at radius 2 is 2.19 bits per heavy atom. The quantitative estimate of drug-likeness (QED) is 0.911. The summed E-state index contributed by atoms with van der Waals surface area (Å²) in [5.41, 5.74) is 0.562. The summed E-state index contributed by atoms with van der Waals surface area (Å²) in [6.07, 6.45) is 0.722. The van der Waals surface area contributed by atoms with Gasteiger partial charge in [-0.3, -0.25) is 9.59 Å². The fraction of sp³-hybridized carbons (Fsp3) is 0.273. The van der Waals surface area contributed by atoms with E-state index in [1.807, 2.05) is 6.07 Å². The first-order valence-corrected chi connectivity index (χ1v) is 6.68. The molecule has 1 fully saturated rings. The number of hydrogen-bond donors (Lipinski definition) is 1. The van der Waals surface area contributed by atoms with Crippen molar-refractivity contribution in [2.45, 2.75) is 12.5 Å². The lowest BCUT2D eigenvalue weighted by atomic mass is 10.2. The van der Waals surface area contributed by atoms with Crippen molar-refractivity contribution in [2.75, 3.05) is 5.75 Å². The smallest absolute Gasteiger partial charge is 0.253 e. The Labute approximate surface area is 106 Å². The summed E-state index contributed by atoms with van der Waals surface area (Å²) >= 11 is 4.59. The molecule has 3 nitrogen and oxygen atoms in total. The number of amides is 1. The summed E-state index contributed by atoms with van der Waals surface area (Å²) in [4.78, 5) is 23.2. The molecule has 1 saturated heterocycles. The van der Waals surface area contributed by atoms with Gasteiger partial charge in [0.05, 0.1) is 11.6 Å². The maximum atomic E-state index is 11.9. The third-order valence-corrected chi connectivity index (χ3v) is 4.06. The minimum Gasteiger partial charge on any atom is -0.341 e. The molecule has 0 spiro atoms. The molecule has 0 unspecified atom stereocenters. The molecule has 1 aliphatic rings. The monoisotopic (exact) mass is 299 g/mol. The summed E-state index contributed by atoms with van der Waals surface area (Å²) in [5, 5.41) is 2.80. The van der Waals surface area contributed by atoms with Crippen LogP contribution in [0.2, 0.25) is 0 Å². The van der Waals surface area contributed by atoms with Crippen molar-refractivity contribution in [1.82, 2.24) is 5.32 Å². The third-order valence-electron chi connectivity index (χ3n) is 2.36. The highest BCUT2D eigenvalue weighted by Gasteiger charge is 2.27. The number of carbonyl (C=O) groups excluding carboxylic acids is 2. The van der Waals surface area contributed by atoms with Crippen LogP contribution >= 0.6 is 27.7 Å². The largest absolute Gasteiger partial charge is 0.341 e. The molecule has 1 amide bonds. The van der Waals surface area contributed by atoms with Crippen molar-refractivity contribution in [3.63, 3.8) is 0 Å². The van der Waals surface area contributed by atoms with E-state index in [0.717, 1.165) is 16.6 Å². The molecular formula is C11H10BrNO2S. The molecule has 0 aliphatic carbocycles. The Morgan fingerprint density at radius 1 is 1.44 bits per heavy atom. The second-order valence-corrected chi connectivity index (χ2v) is 5.42. The van der Waals surface area contributed by atoms with E-state index >= 15 is 0 Å². The number of rotatable bonds is 2. The fourth-order valence-electron chi connectivity index (χ4n) is 1.51. The predicted molar refractivity (Wildman–Crippen MR) is 67.5 cm³/mol. The molecule has 0 saturated carbocycles. The van der Waals surface area contributed by atoms with Gasteiger partial charge in [0.2, 0.25) is 5.12 Å². The van der Waals surface area contributed by atoms with Gasteiger partial charge in [0.1, 0.15) is 0 Å². The zero-order valence-corrected chi connectivity index (χ0v) is 10.8. The standard InChI is InChI=1S/C11H10BrNO2S/c12-8-4-2-1-3-7(8)10(14)13-9-5-6-16-11(9)15/h1-4,9H,5-6H2,(H,13,14)/t9-/m0/s1. The lowest BCUT2D eigenvalue weighted by molar-refractivity contribution is -0.112. The van der Waals surface area contributed by atoms with Crippen LogP contribution in [0.5, 0.6) is 0 Å². The second kappa shape index (κ2) is 5.01. The molecule has 84 valence electrons. The van der Waals surface area contributed by atoms with Crippen molar-refractivity contribution in [1.29, 1.82) is 0 Å². The fourth-order valence-corrected chi connectivity index (χ4v) is 2.91. The van der Waals surface area contributed by atoms with E-state index in [0.29, 0.717) is 5.56 Å². The molecule has 5 heteroatoms. The second-order valence-electron chi connectivity index (χ2n) is 3.46. The van der Waals surface area contributed by atoms with Crippen molar-refractivity contribution < 1.29 is 9.59 Å². The third kappa shape index (κ3) is 2.47. The highest BCUT2D eigenvalue weighted by Crippen LogP contribution is 2.21. The van der Waals surface area contributed by atoms with E-state index in [2.05, 4.69) is 21.2 Å². The first-order chi connectivity index (χ1) is 7.68. The first-order valence-electron chi connectivity index (χ1n) is 4.90. The van der Waals surface area contributed by atoms with E-state index in [1.165, 1.54) is 11.8 Å². The zero-order valence-electron chi connectivity index (χ0n) is 8.40. The van der Waals surface area contributed by atoms with Gasteiger partial charge in [-0.05, 0) is 34.5 Å². The first kappa shape index (κ1) is 11.7. The molecule has 0 aromatic heterocycles. The molecule has 1 aliphatic heterocycles. The number of nitrogens with one attached hydrogen (secondary N) is 1. The van der Waals surface area contributed by atoms with E-state index < -0.39 is 0 Å². The zero-order chi connectivity index (χ0) is 11.5. The van der Waals surface area contributed by atoms with E-state index in [4.69, 9.17) is 0 Å². The topological polar surface area (TPSA) is 46.2 Å². The number of halogens is 1. The molecule has 1 N–H and O–H groups in total. The van der Waals surface area contributed by atoms with Crippen molar-refractivity contribution in [3.05, 3.63) is 34.3 Å². The average Bonchev–Trinajstić information content (AvgIpc) is 2.65. The summed E-state index contributed by atoms with van der Waals surface area (Å²) in [5.74, 6) is 0.591. The van der Waals surface area contributed by atoms with Crippen LogP contribution in [0.25, 0.3) is 0 Å². The molecule has 1 aromatic rings. The molecule has 16 heavy (non-hydrogen) atoms. The maximum Gasteiger partial charge on any atom is 0.253 e. The normalized spacial score (nSPS) is 19.8. The van der Waals surface area contributed by atoms with Crippen molar-refractivity contribution in [3.8, 4) is 0 Å². The van der Waals surface area contributed by atoms with Crippen LogP contribution in [0, 0.1) is 0 Å². The van der Waals surface area contributed by atoms with Gasteiger partial charge in [-0.2, -0.15) is 0 Å². The van der Waals surface area contributed by atoms with E-state index in [-0.39, 0.29) is 17.1 Å². The summed E-state index contributed by atoms with van der Waals surface area (Å²) < 4.78 is 0.741. The van der Waals surface area contributed by atoms with Gasteiger partial charge in [-0.25, -0.2) is 0 Å². The number of carbonyl (C=O) groups is 2. The molecule has 1 aromatic carbocycles. The Bertz CT molecular complexity index is 436. The Morgan fingerprint density at radius 3 is 2.81 bits per heavy atom. The number of thioether (sulfide) groups is 1. The lowest BCUT2D eigenvalue weighted by Gasteiger charge is -2.10. The number of benzene rings is 1. The summed E-state index contributed by atoms with van der Waals surface area (Å²) in [6, 6.07) is 6.85. The van der Waals surface area contributed by atoms with E-state index in [9.17, 15) is 9.59 Å². The van der Waals surface area contributed by atoms with Gasteiger partial charge < -0.3 is 5.32 Å². The molecule has 0 bridgehead atoms. The van der Waals surface area contributed by atoms with Crippen LogP contribution in [0.1, 0.15) is 16.8 Å². The lowest BCUT2D eigenvalue weighted by Crippen LogP contribution is -2.37. The molecule has 1 atom stereocenters. The summed E-state index contributed by atoms with van der Waals surface area (Å²) in [6.45, 7) is 0. The van der Waals surface area contributed by atoms with Crippen LogP contribution in [0.3, 0.4) is 0 Å². The van der Waals surface area contributed by atoms with Crippen LogP contribution in [-0.4, -0.2) is 22.8 Å². The van der Waals surface area contributed by atoms with Gasteiger partial charge >= 0.3 is 0 Å². The van der Waals surface area contributed by atoms with Crippen LogP contribution in [0.4, 0.5) is 0 Å².